The normalized spacial score (nSPS) is 12.1. The Hall–Kier alpha value is -2.57. The second-order valence-electron chi connectivity index (χ2n) is 4.67. The number of hydrogen-bond acceptors (Lipinski definition) is 5. The molecule has 0 aliphatic rings. The van der Waals surface area contributed by atoms with Crippen LogP contribution < -0.4 is 11.1 Å². The van der Waals surface area contributed by atoms with Crippen LogP contribution in [0.3, 0.4) is 0 Å². The number of amides is 1. The summed E-state index contributed by atoms with van der Waals surface area (Å²) in [5.41, 5.74) is 0.983. The van der Waals surface area contributed by atoms with E-state index in [1.54, 1.807) is 31.2 Å². The molecular formula is C14H16N2O5. The maximum absolute atomic E-state index is 11.9. The smallest absolute Gasteiger partial charge is 0.420 e. The van der Waals surface area contributed by atoms with E-state index >= 15 is 0 Å². The molecule has 0 aliphatic heterocycles. The van der Waals surface area contributed by atoms with E-state index < -0.39 is 11.7 Å². The summed E-state index contributed by atoms with van der Waals surface area (Å²) in [7, 11) is 1.29. The average molecular weight is 292 g/mol. The Morgan fingerprint density at radius 2 is 2.10 bits per heavy atom. The van der Waals surface area contributed by atoms with Crippen molar-refractivity contribution >= 4 is 23.0 Å². The summed E-state index contributed by atoms with van der Waals surface area (Å²) < 4.78 is 10.8. The van der Waals surface area contributed by atoms with E-state index in [-0.39, 0.29) is 24.9 Å². The van der Waals surface area contributed by atoms with E-state index in [1.165, 1.54) is 11.7 Å². The molecule has 2 aromatic rings. The molecule has 1 N–H and O–H groups in total. The Morgan fingerprint density at radius 3 is 2.81 bits per heavy atom. The van der Waals surface area contributed by atoms with Crippen molar-refractivity contribution in [2.45, 2.75) is 25.9 Å². The van der Waals surface area contributed by atoms with Crippen LogP contribution in [0, 0.1) is 0 Å². The topological polar surface area (TPSA) is 90.5 Å². The van der Waals surface area contributed by atoms with Crippen LogP contribution in [0.1, 0.15) is 13.3 Å². The number of nitrogens with zero attached hydrogens (tertiary/aromatic N) is 1. The fourth-order valence-electron chi connectivity index (χ4n) is 2.01. The molecule has 0 radical (unpaired) electrons. The van der Waals surface area contributed by atoms with Gasteiger partial charge in [0.05, 0.1) is 19.0 Å². The lowest BCUT2D eigenvalue weighted by Gasteiger charge is -2.12. The Balaban J connectivity index is 2.06. The van der Waals surface area contributed by atoms with Gasteiger partial charge in [0.15, 0.2) is 5.58 Å². The summed E-state index contributed by atoms with van der Waals surface area (Å²) >= 11 is 0. The Kier molecular flexibility index (Phi) is 4.42. The lowest BCUT2D eigenvalue weighted by molar-refractivity contribution is -0.141. The molecule has 1 heterocycles. The standard InChI is InChI=1S/C14H16N2O5/c1-9(7-13(18)20-2)15-12(17)8-16-10-5-3-4-6-11(10)21-14(16)19/h3-6,9H,7-8H2,1-2H3,(H,15,17). The van der Waals surface area contributed by atoms with Crippen LogP contribution in [0.15, 0.2) is 33.5 Å². The van der Waals surface area contributed by atoms with E-state index in [9.17, 15) is 14.4 Å². The molecular weight excluding hydrogens is 276 g/mol. The summed E-state index contributed by atoms with van der Waals surface area (Å²) in [4.78, 5) is 34.8. The highest BCUT2D eigenvalue weighted by Crippen LogP contribution is 2.11. The Morgan fingerprint density at radius 1 is 1.38 bits per heavy atom. The van der Waals surface area contributed by atoms with Crippen LogP contribution in [0.2, 0.25) is 0 Å². The molecule has 1 amide bonds. The van der Waals surface area contributed by atoms with Gasteiger partial charge in [0, 0.05) is 6.04 Å². The van der Waals surface area contributed by atoms with Crippen molar-refractivity contribution in [1.82, 2.24) is 9.88 Å². The SMILES string of the molecule is COC(=O)CC(C)NC(=O)Cn1c(=O)oc2ccccc21. The molecule has 1 aromatic carbocycles. The summed E-state index contributed by atoms with van der Waals surface area (Å²) in [6, 6.07) is 6.48. The first-order chi connectivity index (χ1) is 10.0. The van der Waals surface area contributed by atoms with E-state index in [2.05, 4.69) is 10.1 Å². The maximum atomic E-state index is 11.9. The average Bonchev–Trinajstić information content (AvgIpc) is 2.75. The second kappa shape index (κ2) is 6.25. The Bertz CT molecular complexity index is 715. The van der Waals surface area contributed by atoms with Crippen molar-refractivity contribution in [2.75, 3.05) is 7.11 Å². The molecule has 0 bridgehead atoms. The van der Waals surface area contributed by atoms with Crippen molar-refractivity contribution in [3.63, 3.8) is 0 Å². The fraction of sp³-hybridized carbons (Fsp3) is 0.357. The molecule has 7 heteroatoms. The number of ether oxygens (including phenoxy) is 1. The summed E-state index contributed by atoms with van der Waals surface area (Å²) in [5.74, 6) is -1.37. The number of oxazole rings is 1. The molecule has 0 spiro atoms. The van der Waals surface area contributed by atoms with E-state index in [1.807, 2.05) is 0 Å². The lowest BCUT2D eigenvalue weighted by atomic mass is 10.2. The van der Waals surface area contributed by atoms with Gasteiger partial charge >= 0.3 is 11.7 Å². The third-order valence-corrected chi connectivity index (χ3v) is 2.98. The minimum atomic E-state index is -0.591. The van der Waals surface area contributed by atoms with Gasteiger partial charge < -0.3 is 14.5 Å². The number of benzene rings is 1. The predicted molar refractivity (Wildman–Crippen MR) is 74.7 cm³/mol. The van der Waals surface area contributed by atoms with Crippen molar-refractivity contribution in [1.29, 1.82) is 0 Å². The Labute approximate surface area is 120 Å². The zero-order valence-corrected chi connectivity index (χ0v) is 11.8. The summed E-state index contributed by atoms with van der Waals surface area (Å²) in [5, 5.41) is 2.63. The highest BCUT2D eigenvalue weighted by Gasteiger charge is 2.15. The first-order valence-corrected chi connectivity index (χ1v) is 6.46. The molecule has 21 heavy (non-hydrogen) atoms. The number of carbonyl (C=O) groups is 2. The number of aromatic nitrogens is 1. The van der Waals surface area contributed by atoms with Crippen molar-refractivity contribution < 1.29 is 18.7 Å². The monoisotopic (exact) mass is 292 g/mol. The van der Waals surface area contributed by atoms with Crippen molar-refractivity contribution in [3.8, 4) is 0 Å². The van der Waals surface area contributed by atoms with Gasteiger partial charge in [-0.05, 0) is 19.1 Å². The summed E-state index contributed by atoms with van der Waals surface area (Å²) in [6.07, 6.45) is 0.0727. The molecule has 0 fully saturated rings. The van der Waals surface area contributed by atoms with Crippen LogP contribution >= 0.6 is 0 Å². The van der Waals surface area contributed by atoms with Gasteiger partial charge in [-0.3, -0.25) is 14.2 Å². The number of para-hydroxylation sites is 2. The first-order valence-electron chi connectivity index (χ1n) is 6.46. The molecule has 0 aliphatic carbocycles. The molecule has 7 nitrogen and oxygen atoms in total. The zero-order valence-electron chi connectivity index (χ0n) is 11.8. The summed E-state index contributed by atoms with van der Waals surface area (Å²) in [6.45, 7) is 1.52. The second-order valence-corrected chi connectivity index (χ2v) is 4.67. The van der Waals surface area contributed by atoms with Crippen LogP contribution in [0.5, 0.6) is 0 Å². The molecule has 1 unspecified atom stereocenters. The maximum Gasteiger partial charge on any atom is 0.420 e. The predicted octanol–water partition coefficient (Wildman–Crippen LogP) is 0.662. The molecule has 112 valence electrons. The van der Waals surface area contributed by atoms with Gasteiger partial charge in [0.25, 0.3) is 0 Å². The first kappa shape index (κ1) is 14.8. The number of esters is 1. The number of rotatable bonds is 5. The molecule has 1 aromatic heterocycles. The van der Waals surface area contributed by atoms with Gasteiger partial charge in [0.2, 0.25) is 5.91 Å². The van der Waals surface area contributed by atoms with Gasteiger partial charge in [-0.15, -0.1) is 0 Å². The number of fused-ring (bicyclic) bond motifs is 1. The lowest BCUT2D eigenvalue weighted by Crippen LogP contribution is -2.38. The van der Waals surface area contributed by atoms with Gasteiger partial charge in [-0.2, -0.15) is 0 Å². The molecule has 2 rings (SSSR count). The van der Waals surface area contributed by atoms with Crippen molar-refractivity contribution in [3.05, 3.63) is 34.8 Å². The van der Waals surface area contributed by atoms with Crippen LogP contribution in [-0.4, -0.2) is 29.6 Å². The fourth-order valence-corrected chi connectivity index (χ4v) is 2.01. The van der Waals surface area contributed by atoms with Gasteiger partial charge in [-0.1, -0.05) is 12.1 Å². The zero-order chi connectivity index (χ0) is 15.4. The van der Waals surface area contributed by atoms with E-state index in [0.29, 0.717) is 11.1 Å². The largest absolute Gasteiger partial charge is 0.469 e. The third-order valence-electron chi connectivity index (χ3n) is 2.98. The van der Waals surface area contributed by atoms with Crippen LogP contribution in [-0.2, 0) is 20.9 Å². The third kappa shape index (κ3) is 3.50. The van der Waals surface area contributed by atoms with Crippen LogP contribution in [0.25, 0.3) is 11.1 Å². The minimum Gasteiger partial charge on any atom is -0.469 e. The quantitative estimate of drug-likeness (QED) is 0.818. The number of nitrogens with one attached hydrogen (secondary N) is 1. The molecule has 0 saturated carbocycles. The highest BCUT2D eigenvalue weighted by atomic mass is 16.5. The molecule has 0 saturated heterocycles. The minimum absolute atomic E-state index is 0.0727. The number of methoxy groups -OCH3 is 1. The van der Waals surface area contributed by atoms with Gasteiger partial charge in [0.1, 0.15) is 6.54 Å². The van der Waals surface area contributed by atoms with Crippen molar-refractivity contribution in [2.24, 2.45) is 0 Å². The molecule has 1 atom stereocenters. The van der Waals surface area contributed by atoms with E-state index in [4.69, 9.17) is 4.42 Å². The van der Waals surface area contributed by atoms with Gasteiger partial charge in [-0.25, -0.2) is 4.79 Å². The van der Waals surface area contributed by atoms with E-state index in [0.717, 1.165) is 0 Å². The number of carbonyl (C=O) groups excluding carboxylic acids is 2. The number of hydrogen-bond donors (Lipinski definition) is 1. The highest BCUT2D eigenvalue weighted by molar-refractivity contribution is 5.80. The van der Waals surface area contributed by atoms with Crippen LogP contribution in [0.4, 0.5) is 0 Å².